The van der Waals surface area contributed by atoms with Crippen molar-refractivity contribution < 1.29 is 61.7 Å². The molecule has 2 aromatic rings. The van der Waals surface area contributed by atoms with Crippen LogP contribution in [0.1, 0.15) is 103 Å². The zero-order valence-corrected chi connectivity index (χ0v) is 39.2. The Morgan fingerprint density at radius 3 is 1.74 bits per heavy atom. The van der Waals surface area contributed by atoms with Gasteiger partial charge in [0.05, 0.1) is 13.7 Å². The molecule has 0 aliphatic rings. The number of carbonyl (C=O) groups excluding carboxylic acids is 6. The van der Waals surface area contributed by atoms with Crippen molar-refractivity contribution in [2.45, 2.75) is 129 Å². The van der Waals surface area contributed by atoms with Crippen LogP contribution < -0.4 is 21.3 Å². The molecule has 5 atom stereocenters. The fourth-order valence-electron chi connectivity index (χ4n) is 6.38. The fraction of sp³-hybridized carbons (Fsp3) is 0.587. The lowest BCUT2D eigenvalue weighted by atomic mass is 9.86. The summed E-state index contributed by atoms with van der Waals surface area (Å²) < 4.78 is 36.4. The molecule has 5 amide bonds. The van der Waals surface area contributed by atoms with E-state index in [0.29, 0.717) is 12.0 Å². The number of halogens is 3. The van der Waals surface area contributed by atoms with Crippen LogP contribution in [0.3, 0.4) is 0 Å². The number of amides is 5. The summed E-state index contributed by atoms with van der Waals surface area (Å²) in [6, 6.07) is 10.9. The van der Waals surface area contributed by atoms with Gasteiger partial charge < -0.3 is 46.0 Å². The second-order valence-corrected chi connectivity index (χ2v) is 17.0. The first-order valence-corrected chi connectivity index (χ1v) is 21.6. The maximum atomic E-state index is 14.1. The first kappa shape index (κ1) is 57.5. The lowest BCUT2D eigenvalue weighted by molar-refractivity contribution is -0.192. The summed E-state index contributed by atoms with van der Waals surface area (Å²) in [7, 11) is 2.62. The number of unbranched alkanes of at least 4 members (excludes halogenated alkanes) is 1. The van der Waals surface area contributed by atoms with Crippen molar-refractivity contribution >= 4 is 41.5 Å². The van der Waals surface area contributed by atoms with Crippen LogP contribution in [0.2, 0.25) is 0 Å². The van der Waals surface area contributed by atoms with Gasteiger partial charge in [0.1, 0.15) is 24.2 Å². The number of rotatable bonds is 23. The number of carboxylic acid groups (broad SMARTS) is 1. The van der Waals surface area contributed by atoms with Crippen molar-refractivity contribution in [3.8, 4) is 0 Å². The minimum atomic E-state index is -5.08. The molecule has 6 N–H and O–H groups in total. The van der Waals surface area contributed by atoms with Gasteiger partial charge in [-0.3, -0.25) is 24.0 Å². The fourth-order valence-corrected chi connectivity index (χ4v) is 6.38. The molecular formula is C46H69F3N6O10. The summed E-state index contributed by atoms with van der Waals surface area (Å²) in [4.78, 5) is 93.3. The van der Waals surface area contributed by atoms with Crippen LogP contribution in [0.5, 0.6) is 0 Å². The highest BCUT2D eigenvalue weighted by molar-refractivity contribution is 5.99. The Balaban J connectivity index is 0.00000277. The number of ether oxygens (including phenoxy) is 1. The van der Waals surface area contributed by atoms with E-state index in [-0.39, 0.29) is 30.6 Å². The maximum Gasteiger partial charge on any atom is 0.490 e. The van der Waals surface area contributed by atoms with E-state index in [1.807, 2.05) is 56.3 Å². The number of likely N-dealkylation sites (N-methyl/N-ethyl adjacent to an activating group) is 1. The summed E-state index contributed by atoms with van der Waals surface area (Å²) in [5.41, 5.74) is 2.16. The van der Waals surface area contributed by atoms with Crippen LogP contribution in [0, 0.1) is 5.92 Å². The molecule has 0 aliphatic carbocycles. The lowest BCUT2D eigenvalue weighted by Gasteiger charge is -2.31. The number of aliphatic hydroxyl groups is 1. The Labute approximate surface area is 380 Å². The molecule has 65 heavy (non-hydrogen) atoms. The number of methoxy groups -OCH3 is 1. The number of hydrogen-bond donors (Lipinski definition) is 6. The van der Waals surface area contributed by atoms with Gasteiger partial charge in [-0.2, -0.15) is 13.2 Å². The first-order valence-electron chi connectivity index (χ1n) is 21.6. The quantitative estimate of drug-likeness (QED) is 0.0691. The smallest absolute Gasteiger partial charge is 0.475 e. The third-order valence-corrected chi connectivity index (χ3v) is 10.5. The molecule has 0 aliphatic heterocycles. The van der Waals surface area contributed by atoms with Gasteiger partial charge in [-0.05, 0) is 86.8 Å². The Kier molecular flexibility index (Phi) is 24.5. The van der Waals surface area contributed by atoms with Crippen LogP contribution in [0.25, 0.3) is 0 Å². The summed E-state index contributed by atoms with van der Waals surface area (Å²) in [5.74, 6) is -6.46. The highest BCUT2D eigenvalue weighted by Gasteiger charge is 2.38. The number of esters is 1. The molecule has 0 bridgehead atoms. The average Bonchev–Trinajstić information content (AvgIpc) is 3.25. The largest absolute Gasteiger partial charge is 0.490 e. The summed E-state index contributed by atoms with van der Waals surface area (Å²) in [6.07, 6.45) is -3.12. The maximum absolute atomic E-state index is 14.1. The average molecular weight is 923 g/mol. The predicted molar refractivity (Wildman–Crippen MR) is 238 cm³/mol. The number of carboxylic acids is 1. The molecule has 0 heterocycles. The molecule has 2 aromatic carbocycles. The SMILES string of the molecule is CCN(CC)CCCC[C@H](NC(=O)[C@H](CC(C)C)NC(=O)[C@H](C)N(C)C(=O)[C@@H](Cc1ccccc1)NC(=O)c1ccc(C(C)(C)C)cc1)C(=O)N[C@@H](CO)C(=O)OC.O=C(O)C(F)(F)F. The van der Waals surface area contributed by atoms with Crippen molar-refractivity contribution in [3.63, 3.8) is 0 Å². The third kappa shape index (κ3) is 20.4. The van der Waals surface area contributed by atoms with E-state index in [2.05, 4.69) is 60.8 Å². The van der Waals surface area contributed by atoms with Crippen LogP contribution in [0.15, 0.2) is 54.6 Å². The second-order valence-electron chi connectivity index (χ2n) is 17.0. The molecular weight excluding hydrogens is 854 g/mol. The van der Waals surface area contributed by atoms with Crippen molar-refractivity contribution in [3.05, 3.63) is 71.3 Å². The molecule has 0 saturated carbocycles. The number of aliphatic carboxylic acids is 1. The van der Waals surface area contributed by atoms with E-state index in [4.69, 9.17) is 14.6 Å². The molecule has 0 radical (unpaired) electrons. The Hall–Kier alpha value is -5.56. The van der Waals surface area contributed by atoms with Crippen molar-refractivity contribution in [1.82, 2.24) is 31.1 Å². The normalized spacial score (nSPS) is 13.8. The monoisotopic (exact) mass is 923 g/mol. The van der Waals surface area contributed by atoms with Gasteiger partial charge in [0, 0.05) is 19.0 Å². The van der Waals surface area contributed by atoms with Gasteiger partial charge in [-0.1, -0.05) is 90.9 Å². The first-order chi connectivity index (χ1) is 30.3. The number of nitrogens with zero attached hydrogens (tertiary/aromatic N) is 2. The summed E-state index contributed by atoms with van der Waals surface area (Å²) in [5, 5.41) is 27.8. The topological polar surface area (TPSA) is 224 Å². The standard InChI is InChI=1S/C44H68N6O8.C2HF3O2/c1-11-50(12-2)25-17-16-20-34(40(54)48-37(28-51)43(57)58-10)45-41(55)35(26-29(3)4)46-38(52)30(5)49(9)42(56)36(27-31-18-14-13-15-19-31)47-39(53)32-21-23-33(24-22-32)44(6,7)8;3-2(4,5)1(6)7/h13-15,18-19,21-24,29-30,34-37,51H,11-12,16-17,20,25-28H2,1-10H3,(H,45,55)(H,46,52)(H,47,53)(H,48,54);(H,6,7)/t30-,34-,35-,36+,37-;/m0./s1. The van der Waals surface area contributed by atoms with E-state index in [1.165, 1.54) is 18.9 Å². The van der Waals surface area contributed by atoms with Crippen LogP contribution in [0.4, 0.5) is 13.2 Å². The highest BCUT2D eigenvalue weighted by atomic mass is 19.4. The summed E-state index contributed by atoms with van der Waals surface area (Å²) >= 11 is 0. The van der Waals surface area contributed by atoms with Gasteiger partial charge in [0.2, 0.25) is 23.6 Å². The number of carbonyl (C=O) groups is 7. The third-order valence-electron chi connectivity index (χ3n) is 10.5. The zero-order valence-electron chi connectivity index (χ0n) is 39.2. The molecule has 2 rings (SSSR count). The summed E-state index contributed by atoms with van der Waals surface area (Å²) in [6.45, 7) is 17.5. The van der Waals surface area contributed by atoms with E-state index >= 15 is 0 Å². The molecule has 364 valence electrons. The van der Waals surface area contributed by atoms with Crippen molar-refractivity contribution in [1.29, 1.82) is 0 Å². The van der Waals surface area contributed by atoms with Gasteiger partial charge in [0.15, 0.2) is 6.04 Å². The van der Waals surface area contributed by atoms with E-state index < -0.39 is 84.5 Å². The van der Waals surface area contributed by atoms with Crippen LogP contribution in [-0.4, -0.2) is 138 Å². The number of hydrogen-bond acceptors (Lipinski definition) is 10. The molecule has 0 aromatic heterocycles. The Morgan fingerprint density at radius 1 is 0.738 bits per heavy atom. The molecule has 16 nitrogen and oxygen atoms in total. The molecule has 0 spiro atoms. The van der Waals surface area contributed by atoms with Gasteiger partial charge in [-0.15, -0.1) is 0 Å². The number of aliphatic hydroxyl groups excluding tert-OH is 1. The number of alkyl halides is 3. The van der Waals surface area contributed by atoms with Crippen LogP contribution in [-0.2, 0) is 45.3 Å². The predicted octanol–water partition coefficient (Wildman–Crippen LogP) is 3.98. The number of nitrogens with one attached hydrogen (secondary N) is 4. The highest BCUT2D eigenvalue weighted by Crippen LogP contribution is 2.22. The number of benzene rings is 2. The molecule has 19 heteroatoms. The minimum Gasteiger partial charge on any atom is -0.475 e. The van der Waals surface area contributed by atoms with Gasteiger partial charge in [0.25, 0.3) is 5.91 Å². The van der Waals surface area contributed by atoms with Crippen molar-refractivity contribution in [2.24, 2.45) is 5.92 Å². The van der Waals surface area contributed by atoms with Gasteiger partial charge >= 0.3 is 18.1 Å². The minimum absolute atomic E-state index is 0.0481. The second kappa shape index (κ2) is 27.7. The van der Waals surface area contributed by atoms with Crippen LogP contribution >= 0.6 is 0 Å². The van der Waals surface area contributed by atoms with E-state index in [0.717, 1.165) is 44.3 Å². The lowest BCUT2D eigenvalue weighted by Crippen LogP contribution is -2.59. The molecule has 0 unspecified atom stereocenters. The van der Waals surface area contributed by atoms with Gasteiger partial charge in [-0.25, -0.2) is 9.59 Å². The van der Waals surface area contributed by atoms with E-state index in [9.17, 15) is 47.0 Å². The molecule has 0 saturated heterocycles. The van der Waals surface area contributed by atoms with Crippen molar-refractivity contribution in [2.75, 3.05) is 40.4 Å². The Bertz CT molecular complexity index is 1840. The Morgan fingerprint density at radius 2 is 1.26 bits per heavy atom. The zero-order chi connectivity index (χ0) is 49.7. The molecule has 0 fully saturated rings. The van der Waals surface area contributed by atoms with E-state index in [1.54, 1.807) is 12.1 Å².